The van der Waals surface area contributed by atoms with E-state index in [0.717, 1.165) is 19.8 Å². The van der Waals surface area contributed by atoms with Crippen molar-refractivity contribution >= 4 is 10.0 Å². The minimum absolute atomic E-state index is 0.189. The van der Waals surface area contributed by atoms with Gasteiger partial charge >= 0.3 is 0 Å². The van der Waals surface area contributed by atoms with Crippen molar-refractivity contribution in [1.82, 2.24) is 9.62 Å². The molecule has 0 aliphatic carbocycles. The van der Waals surface area contributed by atoms with Crippen LogP contribution in [0.1, 0.15) is 27.2 Å². The van der Waals surface area contributed by atoms with Gasteiger partial charge in [0.1, 0.15) is 0 Å². The average molecular weight is 278 g/mol. The topological polar surface area (TPSA) is 58.6 Å². The number of hydrogen-bond acceptors (Lipinski definition) is 4. The van der Waals surface area contributed by atoms with Crippen LogP contribution >= 0.6 is 0 Å². The van der Waals surface area contributed by atoms with Crippen molar-refractivity contribution in [3.8, 4) is 0 Å². The molecule has 1 fully saturated rings. The summed E-state index contributed by atoms with van der Waals surface area (Å²) in [5.41, 5.74) is 0.227. The van der Waals surface area contributed by atoms with Crippen LogP contribution in [0.3, 0.4) is 0 Å². The third kappa shape index (κ3) is 4.84. The zero-order valence-corrected chi connectivity index (χ0v) is 12.7. The molecule has 0 radical (unpaired) electrons. The summed E-state index contributed by atoms with van der Waals surface area (Å²) in [6, 6.07) is 0.189. The smallest absolute Gasteiger partial charge is 0.211 e. The number of hydrogen-bond donors (Lipinski definition) is 1. The number of sulfonamides is 1. The van der Waals surface area contributed by atoms with Crippen molar-refractivity contribution in [1.29, 1.82) is 0 Å². The SMILES string of the molecule is CCCS(=O)(=O)NCC(C)N(C)CC1(C)COC1. The van der Waals surface area contributed by atoms with Crippen LogP contribution in [0.15, 0.2) is 0 Å². The van der Waals surface area contributed by atoms with E-state index in [1.165, 1.54) is 0 Å². The maximum atomic E-state index is 11.6. The Bertz CT molecular complexity index is 352. The molecule has 1 saturated heterocycles. The highest BCUT2D eigenvalue weighted by molar-refractivity contribution is 7.89. The van der Waals surface area contributed by atoms with E-state index >= 15 is 0 Å². The standard InChI is InChI=1S/C12H26N2O3S/c1-5-6-18(15,16)13-7-11(2)14(4)8-12(3)9-17-10-12/h11,13H,5-10H2,1-4H3. The lowest BCUT2D eigenvalue weighted by Crippen LogP contribution is -2.51. The van der Waals surface area contributed by atoms with Crippen LogP contribution in [0, 0.1) is 5.41 Å². The Balaban J connectivity index is 2.33. The Morgan fingerprint density at radius 1 is 1.44 bits per heavy atom. The van der Waals surface area contributed by atoms with E-state index in [2.05, 4.69) is 16.5 Å². The average Bonchev–Trinajstić information content (AvgIpc) is 2.23. The van der Waals surface area contributed by atoms with Crippen LogP contribution in [0.2, 0.25) is 0 Å². The first-order valence-corrected chi connectivity index (χ1v) is 8.18. The predicted molar refractivity (Wildman–Crippen MR) is 73.1 cm³/mol. The summed E-state index contributed by atoms with van der Waals surface area (Å²) < 4.78 is 31.0. The number of nitrogens with one attached hydrogen (secondary N) is 1. The van der Waals surface area contributed by atoms with Crippen molar-refractivity contribution in [2.45, 2.75) is 33.2 Å². The summed E-state index contributed by atoms with van der Waals surface area (Å²) in [5.74, 6) is 0.203. The number of nitrogens with zero attached hydrogens (tertiary/aromatic N) is 1. The molecule has 0 aromatic carbocycles. The Morgan fingerprint density at radius 2 is 2.06 bits per heavy atom. The molecule has 0 bridgehead atoms. The third-order valence-electron chi connectivity index (χ3n) is 3.36. The first-order chi connectivity index (χ1) is 8.28. The summed E-state index contributed by atoms with van der Waals surface area (Å²) in [6.45, 7) is 9.10. The fourth-order valence-corrected chi connectivity index (χ4v) is 3.22. The molecule has 1 N–H and O–H groups in total. The minimum atomic E-state index is -3.10. The first kappa shape index (κ1) is 15.9. The third-order valence-corrected chi connectivity index (χ3v) is 4.91. The second-order valence-corrected chi connectivity index (χ2v) is 7.66. The van der Waals surface area contributed by atoms with E-state index in [-0.39, 0.29) is 17.2 Å². The Morgan fingerprint density at radius 3 is 2.50 bits per heavy atom. The largest absolute Gasteiger partial charge is 0.380 e. The molecule has 5 nitrogen and oxygen atoms in total. The molecule has 1 aliphatic rings. The van der Waals surface area contributed by atoms with Gasteiger partial charge in [-0.05, 0) is 20.4 Å². The van der Waals surface area contributed by atoms with Gasteiger partial charge in [-0.2, -0.15) is 0 Å². The van der Waals surface area contributed by atoms with Crippen LogP contribution in [0.25, 0.3) is 0 Å². The molecule has 0 saturated carbocycles. The fourth-order valence-electron chi connectivity index (χ4n) is 2.04. The van der Waals surface area contributed by atoms with Crippen molar-refractivity contribution in [2.24, 2.45) is 5.41 Å². The molecule has 1 unspecified atom stereocenters. The quantitative estimate of drug-likeness (QED) is 0.709. The van der Waals surface area contributed by atoms with Crippen molar-refractivity contribution < 1.29 is 13.2 Å². The van der Waals surface area contributed by atoms with Gasteiger partial charge in [0.05, 0.1) is 19.0 Å². The molecule has 0 spiro atoms. The maximum absolute atomic E-state index is 11.6. The van der Waals surface area contributed by atoms with E-state index in [1.54, 1.807) is 0 Å². The molecule has 108 valence electrons. The number of likely N-dealkylation sites (N-methyl/N-ethyl adjacent to an activating group) is 1. The molecule has 18 heavy (non-hydrogen) atoms. The lowest BCUT2D eigenvalue weighted by Gasteiger charge is -2.42. The molecule has 0 amide bonds. The molecule has 0 aromatic rings. The molecule has 6 heteroatoms. The molecular formula is C12H26N2O3S. The Kier molecular flexibility index (Phi) is 5.58. The summed E-state index contributed by atoms with van der Waals surface area (Å²) in [6.07, 6.45) is 0.648. The van der Waals surface area contributed by atoms with E-state index in [9.17, 15) is 8.42 Å². The molecule has 0 aromatic heterocycles. The van der Waals surface area contributed by atoms with Gasteiger partial charge < -0.3 is 9.64 Å². The Labute approximate surface area is 111 Å². The lowest BCUT2D eigenvalue weighted by atomic mass is 9.88. The number of rotatable bonds is 8. The van der Waals surface area contributed by atoms with E-state index < -0.39 is 10.0 Å². The van der Waals surface area contributed by atoms with Gasteiger partial charge in [-0.15, -0.1) is 0 Å². The highest BCUT2D eigenvalue weighted by atomic mass is 32.2. The van der Waals surface area contributed by atoms with Gasteiger partial charge in [0.2, 0.25) is 10.0 Å². The van der Waals surface area contributed by atoms with Gasteiger partial charge in [0.15, 0.2) is 0 Å². The highest BCUT2D eigenvalue weighted by Crippen LogP contribution is 2.27. The van der Waals surface area contributed by atoms with Crippen molar-refractivity contribution in [3.63, 3.8) is 0 Å². The van der Waals surface area contributed by atoms with Gasteiger partial charge in [0, 0.05) is 24.5 Å². The monoisotopic (exact) mass is 278 g/mol. The van der Waals surface area contributed by atoms with Gasteiger partial charge in [0.25, 0.3) is 0 Å². The molecule has 1 aliphatic heterocycles. The summed E-state index contributed by atoms with van der Waals surface area (Å²) in [4.78, 5) is 2.19. The zero-order valence-electron chi connectivity index (χ0n) is 11.9. The number of ether oxygens (including phenoxy) is 1. The van der Waals surface area contributed by atoms with Crippen LogP contribution in [-0.4, -0.2) is 58.5 Å². The zero-order chi connectivity index (χ0) is 13.8. The predicted octanol–water partition coefficient (Wildman–Crippen LogP) is 0.673. The fraction of sp³-hybridized carbons (Fsp3) is 1.00. The van der Waals surface area contributed by atoms with Crippen molar-refractivity contribution in [2.75, 3.05) is 39.1 Å². The van der Waals surface area contributed by atoms with E-state index in [4.69, 9.17) is 4.74 Å². The first-order valence-electron chi connectivity index (χ1n) is 6.53. The van der Waals surface area contributed by atoms with Crippen molar-refractivity contribution in [3.05, 3.63) is 0 Å². The summed E-state index contributed by atoms with van der Waals surface area (Å²) in [7, 11) is -1.07. The second kappa shape index (κ2) is 6.32. The van der Waals surface area contributed by atoms with Crippen LogP contribution < -0.4 is 4.72 Å². The minimum Gasteiger partial charge on any atom is -0.380 e. The highest BCUT2D eigenvalue weighted by Gasteiger charge is 2.35. The molecule has 1 heterocycles. The molecular weight excluding hydrogens is 252 g/mol. The van der Waals surface area contributed by atoms with Gasteiger partial charge in [-0.3, -0.25) is 0 Å². The second-order valence-electron chi connectivity index (χ2n) is 5.73. The summed E-state index contributed by atoms with van der Waals surface area (Å²) >= 11 is 0. The molecule has 1 atom stereocenters. The normalized spacial score (nSPS) is 20.7. The molecule has 1 rings (SSSR count). The van der Waals surface area contributed by atoms with Crippen LogP contribution in [0.4, 0.5) is 0 Å². The Hall–Kier alpha value is -0.170. The van der Waals surface area contributed by atoms with E-state index in [1.807, 2.05) is 20.9 Å². The van der Waals surface area contributed by atoms with Gasteiger partial charge in [-0.25, -0.2) is 13.1 Å². The summed E-state index contributed by atoms with van der Waals surface area (Å²) in [5, 5.41) is 0. The lowest BCUT2D eigenvalue weighted by molar-refractivity contribution is -0.115. The van der Waals surface area contributed by atoms with Gasteiger partial charge in [-0.1, -0.05) is 13.8 Å². The van der Waals surface area contributed by atoms with Crippen LogP contribution in [-0.2, 0) is 14.8 Å². The maximum Gasteiger partial charge on any atom is 0.211 e. The van der Waals surface area contributed by atoms with Crippen LogP contribution in [0.5, 0.6) is 0 Å². The van der Waals surface area contributed by atoms with E-state index in [0.29, 0.717) is 13.0 Å².